The molecule has 1 aliphatic rings. The number of amides is 1. The van der Waals surface area contributed by atoms with Crippen LogP contribution in [0, 0.1) is 6.92 Å². The summed E-state index contributed by atoms with van der Waals surface area (Å²) in [6, 6.07) is 18.6. The monoisotopic (exact) mass is 504 g/mol. The number of carbonyl (C=O) groups is 2. The van der Waals surface area contributed by atoms with E-state index in [-0.39, 0.29) is 11.3 Å². The topological polar surface area (TPSA) is 79.7 Å². The van der Waals surface area contributed by atoms with Crippen LogP contribution in [0.15, 0.2) is 72.3 Å². The van der Waals surface area contributed by atoms with Crippen LogP contribution in [0.2, 0.25) is 5.02 Å². The van der Waals surface area contributed by atoms with Gasteiger partial charge in [0.25, 0.3) is 5.78 Å². The van der Waals surface area contributed by atoms with Gasteiger partial charge in [-0.05, 0) is 49.7 Å². The van der Waals surface area contributed by atoms with Gasteiger partial charge in [0.15, 0.2) is 5.13 Å². The number of halogens is 1. The fraction of sp³-hybridized carbons (Fsp3) is 0.148. The molecule has 0 radical (unpaired) electrons. The van der Waals surface area contributed by atoms with Gasteiger partial charge in [-0.2, -0.15) is 0 Å². The molecule has 0 spiro atoms. The van der Waals surface area contributed by atoms with Crippen molar-refractivity contribution in [2.45, 2.75) is 19.9 Å². The Morgan fingerprint density at radius 1 is 1.09 bits per heavy atom. The summed E-state index contributed by atoms with van der Waals surface area (Å²) in [4.78, 5) is 32.6. The SMILES string of the molecule is CCOc1ccc2nc(N3C(=O)C(=O)C(=C(O)c4ccc(C)cc4)[C@H]3c3ccc(Cl)cc3)sc2c1. The van der Waals surface area contributed by atoms with Crippen molar-refractivity contribution in [3.63, 3.8) is 0 Å². The summed E-state index contributed by atoms with van der Waals surface area (Å²) in [7, 11) is 0. The highest BCUT2D eigenvalue weighted by Crippen LogP contribution is 2.44. The summed E-state index contributed by atoms with van der Waals surface area (Å²) in [5.41, 5.74) is 2.80. The number of aliphatic hydroxyl groups excluding tert-OH is 1. The molecule has 1 aromatic heterocycles. The van der Waals surface area contributed by atoms with Crippen LogP contribution in [-0.2, 0) is 9.59 Å². The Kier molecular flexibility index (Phi) is 6.05. The van der Waals surface area contributed by atoms with Gasteiger partial charge in [-0.15, -0.1) is 0 Å². The first-order valence-corrected chi connectivity index (χ1v) is 12.2. The third-order valence-electron chi connectivity index (χ3n) is 5.82. The van der Waals surface area contributed by atoms with E-state index >= 15 is 0 Å². The van der Waals surface area contributed by atoms with Crippen molar-refractivity contribution in [2.24, 2.45) is 0 Å². The molecule has 0 saturated carbocycles. The summed E-state index contributed by atoms with van der Waals surface area (Å²) in [5, 5.41) is 12.1. The number of anilines is 1. The molecule has 1 aliphatic heterocycles. The van der Waals surface area contributed by atoms with E-state index in [2.05, 4.69) is 4.98 Å². The lowest BCUT2D eigenvalue weighted by atomic mass is 9.95. The minimum absolute atomic E-state index is 0.00966. The fourth-order valence-corrected chi connectivity index (χ4v) is 5.26. The molecule has 1 saturated heterocycles. The fourth-order valence-electron chi connectivity index (χ4n) is 4.11. The smallest absolute Gasteiger partial charge is 0.301 e. The highest BCUT2D eigenvalue weighted by Gasteiger charge is 2.48. The molecule has 0 aliphatic carbocycles. The van der Waals surface area contributed by atoms with E-state index in [9.17, 15) is 14.7 Å². The lowest BCUT2D eigenvalue weighted by molar-refractivity contribution is -0.132. The minimum Gasteiger partial charge on any atom is -0.507 e. The molecule has 0 unspecified atom stereocenters. The van der Waals surface area contributed by atoms with Crippen LogP contribution in [0.4, 0.5) is 5.13 Å². The maximum Gasteiger partial charge on any atom is 0.301 e. The van der Waals surface area contributed by atoms with Crippen LogP contribution in [0.5, 0.6) is 5.75 Å². The van der Waals surface area contributed by atoms with Crippen LogP contribution in [0.3, 0.4) is 0 Å². The van der Waals surface area contributed by atoms with Crippen molar-refractivity contribution in [3.05, 3.63) is 94.0 Å². The number of nitrogens with zero attached hydrogens (tertiary/aromatic N) is 2. The van der Waals surface area contributed by atoms with E-state index in [4.69, 9.17) is 16.3 Å². The van der Waals surface area contributed by atoms with Crippen molar-refractivity contribution in [1.82, 2.24) is 4.98 Å². The first-order chi connectivity index (χ1) is 16.9. The molecule has 1 fully saturated rings. The molecule has 3 aromatic carbocycles. The quantitative estimate of drug-likeness (QED) is 0.196. The number of benzene rings is 3. The number of hydrogen-bond donors (Lipinski definition) is 1. The maximum atomic E-state index is 13.3. The summed E-state index contributed by atoms with van der Waals surface area (Å²) < 4.78 is 6.41. The maximum absolute atomic E-state index is 13.3. The van der Waals surface area contributed by atoms with Crippen molar-refractivity contribution in [3.8, 4) is 5.75 Å². The van der Waals surface area contributed by atoms with Gasteiger partial charge in [0.2, 0.25) is 0 Å². The minimum atomic E-state index is -0.861. The van der Waals surface area contributed by atoms with Gasteiger partial charge < -0.3 is 9.84 Å². The third kappa shape index (κ3) is 4.17. The Labute approximate surface area is 211 Å². The van der Waals surface area contributed by atoms with E-state index in [0.29, 0.717) is 39.2 Å². The van der Waals surface area contributed by atoms with E-state index in [1.54, 1.807) is 36.4 Å². The van der Waals surface area contributed by atoms with E-state index in [0.717, 1.165) is 10.3 Å². The number of thiazole rings is 1. The Bertz CT molecular complexity index is 1480. The van der Waals surface area contributed by atoms with E-state index in [1.807, 2.05) is 44.2 Å². The highest BCUT2D eigenvalue weighted by molar-refractivity contribution is 7.22. The largest absolute Gasteiger partial charge is 0.507 e. The number of hydrogen-bond acceptors (Lipinski definition) is 6. The van der Waals surface area contributed by atoms with Gasteiger partial charge in [0.1, 0.15) is 11.5 Å². The molecular weight excluding hydrogens is 484 g/mol. The first-order valence-electron chi connectivity index (χ1n) is 11.0. The number of ether oxygens (including phenoxy) is 1. The molecule has 1 N–H and O–H groups in total. The highest BCUT2D eigenvalue weighted by atomic mass is 35.5. The molecule has 6 nitrogen and oxygen atoms in total. The van der Waals surface area contributed by atoms with Crippen molar-refractivity contribution >= 4 is 55.7 Å². The zero-order chi connectivity index (χ0) is 24.7. The van der Waals surface area contributed by atoms with Gasteiger partial charge in [-0.1, -0.05) is 64.9 Å². The average Bonchev–Trinajstić information content (AvgIpc) is 3.38. The number of fused-ring (bicyclic) bond motifs is 1. The molecule has 4 aromatic rings. The van der Waals surface area contributed by atoms with Crippen molar-refractivity contribution in [1.29, 1.82) is 0 Å². The third-order valence-corrected chi connectivity index (χ3v) is 7.09. The molecular formula is C27H21ClN2O4S. The summed E-state index contributed by atoms with van der Waals surface area (Å²) >= 11 is 7.39. The summed E-state index contributed by atoms with van der Waals surface area (Å²) in [6.45, 7) is 4.36. The molecule has 176 valence electrons. The molecule has 0 bridgehead atoms. The number of rotatable bonds is 5. The van der Waals surface area contributed by atoms with Gasteiger partial charge in [0.05, 0.1) is 28.4 Å². The molecule has 5 rings (SSSR count). The lowest BCUT2D eigenvalue weighted by Crippen LogP contribution is -2.29. The normalized spacial score (nSPS) is 17.3. The standard InChI is InChI=1S/C27H21ClN2O4S/c1-3-34-19-12-13-20-21(14-19)35-27(29-20)30-23(16-8-10-18(28)11-9-16)22(25(32)26(30)33)24(31)17-6-4-15(2)5-7-17/h4-14,23,31H,3H2,1-2H3/t23-/m1/s1. The Hall–Kier alpha value is -3.68. The molecule has 1 amide bonds. The van der Waals surface area contributed by atoms with Crippen LogP contribution < -0.4 is 9.64 Å². The molecule has 2 heterocycles. The number of Topliss-reactive ketones (excluding diaryl/α,β-unsaturated/α-hetero) is 1. The van der Waals surface area contributed by atoms with E-state index in [1.165, 1.54) is 16.2 Å². The van der Waals surface area contributed by atoms with Crippen molar-refractivity contribution in [2.75, 3.05) is 11.5 Å². The predicted octanol–water partition coefficient (Wildman–Crippen LogP) is 6.28. The van der Waals surface area contributed by atoms with Gasteiger partial charge >= 0.3 is 5.91 Å². The lowest BCUT2D eigenvalue weighted by Gasteiger charge is -2.23. The number of carbonyl (C=O) groups excluding carboxylic acids is 2. The Balaban J connectivity index is 1.69. The van der Waals surface area contributed by atoms with Gasteiger partial charge in [-0.3, -0.25) is 14.5 Å². The van der Waals surface area contributed by atoms with Crippen LogP contribution >= 0.6 is 22.9 Å². The van der Waals surface area contributed by atoms with Crippen LogP contribution in [0.25, 0.3) is 16.0 Å². The average molecular weight is 505 g/mol. The van der Waals surface area contributed by atoms with Gasteiger partial charge in [-0.25, -0.2) is 4.98 Å². The summed E-state index contributed by atoms with van der Waals surface area (Å²) in [6.07, 6.45) is 0. The predicted molar refractivity (Wildman–Crippen MR) is 138 cm³/mol. The van der Waals surface area contributed by atoms with Gasteiger partial charge in [0, 0.05) is 10.6 Å². The molecule has 8 heteroatoms. The Morgan fingerprint density at radius 3 is 2.49 bits per heavy atom. The zero-order valence-corrected chi connectivity index (χ0v) is 20.6. The van der Waals surface area contributed by atoms with Crippen molar-refractivity contribution < 1.29 is 19.4 Å². The van der Waals surface area contributed by atoms with Crippen LogP contribution in [0.1, 0.15) is 29.7 Å². The first kappa shape index (κ1) is 23.1. The summed E-state index contributed by atoms with van der Waals surface area (Å²) in [5.74, 6) is -1.04. The van der Waals surface area contributed by atoms with E-state index < -0.39 is 17.7 Å². The Morgan fingerprint density at radius 2 is 1.80 bits per heavy atom. The number of aliphatic hydroxyl groups is 1. The molecule has 1 atom stereocenters. The second kappa shape index (κ2) is 9.17. The molecule has 35 heavy (non-hydrogen) atoms. The second-order valence-electron chi connectivity index (χ2n) is 8.15. The zero-order valence-electron chi connectivity index (χ0n) is 19.0. The van der Waals surface area contributed by atoms with Crippen LogP contribution in [-0.4, -0.2) is 28.4 Å². The second-order valence-corrected chi connectivity index (χ2v) is 9.59. The number of aromatic nitrogens is 1. The number of aryl methyl sites for hydroxylation is 1. The number of ketones is 1.